The Balaban J connectivity index is 2.28. The number of rotatable bonds is 3. The van der Waals surface area contributed by atoms with Gasteiger partial charge < -0.3 is 10.2 Å². The van der Waals surface area contributed by atoms with Crippen molar-refractivity contribution < 1.29 is 21.6 Å². The summed E-state index contributed by atoms with van der Waals surface area (Å²) in [5.74, 6) is 0. The highest BCUT2D eigenvalue weighted by Crippen LogP contribution is 2.35. The summed E-state index contributed by atoms with van der Waals surface area (Å²) in [6.45, 7) is 1.72. The van der Waals surface area contributed by atoms with Crippen LogP contribution in [-0.4, -0.2) is 39.5 Å². The van der Waals surface area contributed by atoms with E-state index in [2.05, 4.69) is 10.2 Å². The van der Waals surface area contributed by atoms with Gasteiger partial charge in [-0.15, -0.1) is 0 Å². The predicted octanol–water partition coefficient (Wildman–Crippen LogP) is 1.86. The highest BCUT2D eigenvalue weighted by molar-refractivity contribution is 7.89. The van der Waals surface area contributed by atoms with Crippen LogP contribution in [0, 0.1) is 0 Å². The molecule has 1 aliphatic rings. The minimum Gasteiger partial charge on any atom is -0.382 e. The second kappa shape index (κ2) is 6.05. The van der Waals surface area contributed by atoms with E-state index in [1.54, 1.807) is 0 Å². The Labute approximate surface area is 127 Å². The monoisotopic (exact) mass is 337 g/mol. The molecule has 22 heavy (non-hydrogen) atoms. The van der Waals surface area contributed by atoms with Crippen molar-refractivity contribution in [3.63, 3.8) is 0 Å². The second-order valence-corrected chi connectivity index (χ2v) is 7.01. The normalized spacial score (nSPS) is 18.4. The van der Waals surface area contributed by atoms with Crippen LogP contribution in [0.4, 0.5) is 18.9 Å². The van der Waals surface area contributed by atoms with E-state index in [4.69, 9.17) is 5.14 Å². The van der Waals surface area contributed by atoms with E-state index < -0.39 is 26.7 Å². The molecule has 5 nitrogen and oxygen atoms in total. The molecule has 1 heterocycles. The van der Waals surface area contributed by atoms with Crippen molar-refractivity contribution in [3.8, 4) is 0 Å². The van der Waals surface area contributed by atoms with Gasteiger partial charge in [-0.2, -0.15) is 13.2 Å². The van der Waals surface area contributed by atoms with Crippen LogP contribution in [0.15, 0.2) is 23.1 Å². The second-order valence-electron chi connectivity index (χ2n) is 5.48. The molecule has 0 atom stereocenters. The number of nitrogens with zero attached hydrogens (tertiary/aromatic N) is 1. The van der Waals surface area contributed by atoms with E-state index in [1.165, 1.54) is 6.07 Å². The lowest BCUT2D eigenvalue weighted by Crippen LogP contribution is -2.36. The highest BCUT2D eigenvalue weighted by atomic mass is 32.2. The molecular formula is C13H18F3N3O2S. The minimum absolute atomic E-state index is 0.0672. The molecule has 0 bridgehead atoms. The number of benzene rings is 1. The fourth-order valence-corrected chi connectivity index (χ4v) is 3.22. The Morgan fingerprint density at radius 3 is 2.36 bits per heavy atom. The molecule has 0 radical (unpaired) electrons. The van der Waals surface area contributed by atoms with E-state index in [9.17, 15) is 21.6 Å². The first-order valence-corrected chi connectivity index (χ1v) is 8.31. The summed E-state index contributed by atoms with van der Waals surface area (Å²) in [7, 11) is -2.44. The smallest absolute Gasteiger partial charge is 0.382 e. The Bertz CT molecular complexity index is 638. The number of anilines is 1. The summed E-state index contributed by atoms with van der Waals surface area (Å²) < 4.78 is 61.7. The molecule has 1 fully saturated rings. The van der Waals surface area contributed by atoms with E-state index in [1.807, 2.05) is 7.05 Å². The van der Waals surface area contributed by atoms with Gasteiger partial charge in [0.25, 0.3) is 0 Å². The third kappa shape index (κ3) is 4.11. The maximum absolute atomic E-state index is 13.0. The van der Waals surface area contributed by atoms with Crippen molar-refractivity contribution in [2.45, 2.75) is 30.0 Å². The van der Waals surface area contributed by atoms with Crippen molar-refractivity contribution in [1.82, 2.24) is 4.90 Å². The third-order valence-electron chi connectivity index (χ3n) is 3.68. The SMILES string of the molecule is CN1CCC(Nc2ccc(S(N)(=O)=O)c(C(F)(F)F)c2)CC1. The molecule has 1 aromatic rings. The standard InChI is InChI=1S/C13H18F3N3O2S/c1-19-6-4-9(5-7-19)18-10-2-3-12(22(17,20)21)11(8-10)13(14,15)16/h2-3,8-9,18H,4-7H2,1H3,(H2,17,20,21). The number of hydrogen-bond acceptors (Lipinski definition) is 4. The maximum atomic E-state index is 13.0. The fraction of sp³-hybridized carbons (Fsp3) is 0.538. The van der Waals surface area contributed by atoms with E-state index in [-0.39, 0.29) is 11.7 Å². The van der Waals surface area contributed by atoms with Crippen molar-refractivity contribution in [2.24, 2.45) is 5.14 Å². The van der Waals surface area contributed by atoms with Crippen molar-refractivity contribution in [1.29, 1.82) is 0 Å². The number of hydrogen-bond donors (Lipinski definition) is 2. The minimum atomic E-state index is -4.79. The molecule has 0 aromatic heterocycles. The van der Waals surface area contributed by atoms with Gasteiger partial charge in [0.1, 0.15) is 0 Å². The molecule has 0 amide bonds. The van der Waals surface area contributed by atoms with Crippen LogP contribution in [0.5, 0.6) is 0 Å². The summed E-state index contributed by atoms with van der Waals surface area (Å²) in [5, 5.41) is 7.88. The zero-order chi connectivity index (χ0) is 16.5. The molecule has 1 saturated heterocycles. The maximum Gasteiger partial charge on any atom is 0.417 e. The number of likely N-dealkylation sites (tertiary alicyclic amines) is 1. The van der Waals surface area contributed by atoms with E-state index in [0.717, 1.165) is 38.1 Å². The first-order chi connectivity index (χ1) is 10.1. The number of alkyl halides is 3. The molecule has 9 heteroatoms. The molecule has 0 spiro atoms. The van der Waals surface area contributed by atoms with Crippen LogP contribution >= 0.6 is 0 Å². The fourth-order valence-electron chi connectivity index (χ4n) is 2.48. The summed E-state index contributed by atoms with van der Waals surface area (Å²) in [6.07, 6.45) is -3.16. The van der Waals surface area contributed by atoms with Gasteiger partial charge in [-0.25, -0.2) is 13.6 Å². The van der Waals surface area contributed by atoms with Gasteiger partial charge in [-0.05, 0) is 51.2 Å². The Kier molecular flexibility index (Phi) is 4.69. The lowest BCUT2D eigenvalue weighted by atomic mass is 10.0. The van der Waals surface area contributed by atoms with Gasteiger partial charge in [-0.3, -0.25) is 0 Å². The Morgan fingerprint density at radius 2 is 1.86 bits per heavy atom. The van der Waals surface area contributed by atoms with Gasteiger partial charge in [0.2, 0.25) is 10.0 Å². The van der Waals surface area contributed by atoms with Crippen molar-refractivity contribution in [3.05, 3.63) is 23.8 Å². The number of sulfonamides is 1. The quantitative estimate of drug-likeness (QED) is 0.883. The highest BCUT2D eigenvalue weighted by Gasteiger charge is 2.36. The lowest BCUT2D eigenvalue weighted by Gasteiger charge is -2.30. The molecule has 2 rings (SSSR count). The first kappa shape index (κ1) is 17.0. The molecule has 3 N–H and O–H groups in total. The third-order valence-corrected chi connectivity index (χ3v) is 4.65. The molecule has 0 unspecified atom stereocenters. The van der Waals surface area contributed by atoms with Gasteiger partial charge in [-0.1, -0.05) is 0 Å². The summed E-state index contributed by atoms with van der Waals surface area (Å²) >= 11 is 0. The van der Waals surface area contributed by atoms with E-state index >= 15 is 0 Å². The van der Waals surface area contributed by atoms with Gasteiger partial charge in [0.15, 0.2) is 0 Å². The Morgan fingerprint density at radius 1 is 1.27 bits per heavy atom. The van der Waals surface area contributed by atoms with Gasteiger partial charge in [0.05, 0.1) is 10.5 Å². The van der Waals surface area contributed by atoms with Crippen LogP contribution in [-0.2, 0) is 16.2 Å². The van der Waals surface area contributed by atoms with Crippen LogP contribution in [0.25, 0.3) is 0 Å². The molecular weight excluding hydrogens is 319 g/mol. The van der Waals surface area contributed by atoms with E-state index in [0.29, 0.717) is 0 Å². The number of halogens is 3. The largest absolute Gasteiger partial charge is 0.417 e. The lowest BCUT2D eigenvalue weighted by molar-refractivity contribution is -0.139. The summed E-state index contributed by atoms with van der Waals surface area (Å²) in [4.78, 5) is 1.23. The van der Waals surface area contributed by atoms with Gasteiger partial charge >= 0.3 is 6.18 Å². The predicted molar refractivity (Wildman–Crippen MR) is 77.0 cm³/mol. The average molecular weight is 337 g/mol. The molecule has 0 aliphatic carbocycles. The number of nitrogens with one attached hydrogen (secondary N) is 1. The number of primary sulfonamides is 1. The number of nitrogens with two attached hydrogens (primary N) is 1. The first-order valence-electron chi connectivity index (χ1n) is 6.76. The van der Waals surface area contributed by atoms with Crippen molar-refractivity contribution in [2.75, 3.05) is 25.5 Å². The van der Waals surface area contributed by atoms with Crippen LogP contribution in [0.3, 0.4) is 0 Å². The van der Waals surface area contributed by atoms with Crippen LogP contribution in [0.2, 0.25) is 0 Å². The molecule has 124 valence electrons. The topological polar surface area (TPSA) is 75.4 Å². The van der Waals surface area contributed by atoms with Crippen LogP contribution < -0.4 is 10.5 Å². The molecule has 1 aliphatic heterocycles. The molecule has 0 saturated carbocycles. The summed E-state index contributed by atoms with van der Waals surface area (Å²) in [5.41, 5.74) is -0.998. The average Bonchev–Trinajstić information content (AvgIpc) is 2.39. The van der Waals surface area contributed by atoms with Crippen LogP contribution in [0.1, 0.15) is 18.4 Å². The van der Waals surface area contributed by atoms with Gasteiger partial charge in [0, 0.05) is 11.7 Å². The molecule has 1 aromatic carbocycles. The zero-order valence-corrected chi connectivity index (χ0v) is 12.8. The van der Waals surface area contributed by atoms with Crippen molar-refractivity contribution >= 4 is 15.7 Å². The number of piperidine rings is 1. The zero-order valence-electron chi connectivity index (χ0n) is 12.0. The summed E-state index contributed by atoms with van der Waals surface area (Å²) in [6, 6.07) is 3.08. The Hall–Kier alpha value is -1.32.